The highest BCUT2D eigenvalue weighted by Gasteiger charge is 2.36. The Morgan fingerprint density at radius 3 is 1.82 bits per heavy atom. The SMILES string of the molecule is CC(C)(C)[Si](C)(C)OCCOCCOCCN. The molecule has 0 aromatic heterocycles. The minimum atomic E-state index is -1.61. The first-order chi connectivity index (χ1) is 7.81. The number of rotatable bonds is 9. The largest absolute Gasteiger partial charge is 0.414 e. The van der Waals surface area contributed by atoms with E-state index in [0.29, 0.717) is 39.6 Å². The highest BCUT2D eigenvalue weighted by Crippen LogP contribution is 2.36. The molecule has 0 saturated heterocycles. The second-order valence-electron chi connectivity index (χ2n) is 5.62. The van der Waals surface area contributed by atoms with Crippen LogP contribution in [0.1, 0.15) is 20.8 Å². The zero-order chi connectivity index (χ0) is 13.4. The molecule has 0 aromatic carbocycles. The molecule has 4 nitrogen and oxygen atoms in total. The molecule has 0 rings (SSSR count). The number of hydrogen-bond donors (Lipinski definition) is 1. The van der Waals surface area contributed by atoms with Gasteiger partial charge in [-0.25, -0.2) is 0 Å². The van der Waals surface area contributed by atoms with E-state index in [2.05, 4.69) is 33.9 Å². The molecule has 0 heterocycles. The highest BCUT2D eigenvalue weighted by atomic mass is 28.4. The Kier molecular flexibility index (Phi) is 8.24. The van der Waals surface area contributed by atoms with Gasteiger partial charge in [0.2, 0.25) is 0 Å². The Balaban J connectivity index is 3.46. The fourth-order valence-corrected chi connectivity index (χ4v) is 2.00. The Bertz CT molecular complexity index is 193. The highest BCUT2D eigenvalue weighted by molar-refractivity contribution is 6.74. The second kappa shape index (κ2) is 8.21. The fraction of sp³-hybridized carbons (Fsp3) is 1.00. The van der Waals surface area contributed by atoms with Gasteiger partial charge in [0.25, 0.3) is 0 Å². The average Bonchev–Trinajstić information content (AvgIpc) is 2.20. The van der Waals surface area contributed by atoms with Gasteiger partial charge < -0.3 is 19.6 Å². The monoisotopic (exact) mass is 263 g/mol. The molecule has 104 valence electrons. The number of nitrogens with two attached hydrogens (primary N) is 1. The van der Waals surface area contributed by atoms with Crippen molar-refractivity contribution in [2.75, 3.05) is 39.6 Å². The molecule has 0 amide bonds. The van der Waals surface area contributed by atoms with Crippen LogP contribution in [-0.2, 0) is 13.9 Å². The molecule has 0 spiro atoms. The molecule has 0 aliphatic heterocycles. The summed E-state index contributed by atoms with van der Waals surface area (Å²) in [5.41, 5.74) is 5.30. The van der Waals surface area contributed by atoms with Crippen LogP contribution in [0.15, 0.2) is 0 Å². The summed E-state index contributed by atoms with van der Waals surface area (Å²) < 4.78 is 16.6. The fourth-order valence-electron chi connectivity index (χ4n) is 0.978. The Morgan fingerprint density at radius 1 is 0.882 bits per heavy atom. The van der Waals surface area contributed by atoms with Gasteiger partial charge >= 0.3 is 0 Å². The smallest absolute Gasteiger partial charge is 0.192 e. The van der Waals surface area contributed by atoms with Gasteiger partial charge in [-0.2, -0.15) is 0 Å². The molecular weight excluding hydrogens is 234 g/mol. The van der Waals surface area contributed by atoms with Gasteiger partial charge in [-0.15, -0.1) is 0 Å². The lowest BCUT2D eigenvalue weighted by Gasteiger charge is -2.36. The molecule has 5 heteroatoms. The number of ether oxygens (including phenoxy) is 2. The van der Waals surface area contributed by atoms with Crippen LogP contribution in [0.25, 0.3) is 0 Å². The Hall–Kier alpha value is 0.0569. The van der Waals surface area contributed by atoms with E-state index >= 15 is 0 Å². The average molecular weight is 263 g/mol. The van der Waals surface area contributed by atoms with Crippen LogP contribution in [-0.4, -0.2) is 47.9 Å². The van der Waals surface area contributed by atoms with Crippen LogP contribution in [0.5, 0.6) is 0 Å². The Morgan fingerprint density at radius 2 is 1.35 bits per heavy atom. The van der Waals surface area contributed by atoms with Crippen LogP contribution in [0.2, 0.25) is 18.1 Å². The minimum absolute atomic E-state index is 0.261. The molecular formula is C12H29NO3Si. The zero-order valence-electron chi connectivity index (χ0n) is 12.0. The van der Waals surface area contributed by atoms with Crippen molar-refractivity contribution in [3.63, 3.8) is 0 Å². The van der Waals surface area contributed by atoms with Gasteiger partial charge in [-0.1, -0.05) is 20.8 Å². The predicted octanol–water partition coefficient (Wildman–Crippen LogP) is 2.00. The van der Waals surface area contributed by atoms with Crippen molar-refractivity contribution in [3.8, 4) is 0 Å². The van der Waals surface area contributed by atoms with Crippen molar-refractivity contribution < 1.29 is 13.9 Å². The molecule has 0 atom stereocenters. The van der Waals surface area contributed by atoms with Gasteiger partial charge in [0.15, 0.2) is 8.32 Å². The van der Waals surface area contributed by atoms with E-state index < -0.39 is 8.32 Å². The quantitative estimate of drug-likeness (QED) is 0.511. The van der Waals surface area contributed by atoms with Crippen molar-refractivity contribution in [3.05, 3.63) is 0 Å². The topological polar surface area (TPSA) is 53.7 Å². The first kappa shape index (κ1) is 17.1. The summed E-state index contributed by atoms with van der Waals surface area (Å²) in [6, 6.07) is 0. The molecule has 0 aromatic rings. The molecule has 17 heavy (non-hydrogen) atoms. The molecule has 0 aliphatic rings. The van der Waals surface area contributed by atoms with Crippen LogP contribution in [0.3, 0.4) is 0 Å². The molecule has 2 N–H and O–H groups in total. The van der Waals surface area contributed by atoms with E-state index in [1.165, 1.54) is 0 Å². The summed E-state index contributed by atoms with van der Waals surface area (Å²) in [6.07, 6.45) is 0. The summed E-state index contributed by atoms with van der Waals surface area (Å²) in [4.78, 5) is 0. The summed E-state index contributed by atoms with van der Waals surface area (Å²) in [5, 5.41) is 0.261. The lowest BCUT2D eigenvalue weighted by molar-refractivity contribution is 0.0370. The lowest BCUT2D eigenvalue weighted by atomic mass is 10.2. The van der Waals surface area contributed by atoms with Crippen molar-refractivity contribution >= 4 is 8.32 Å². The summed E-state index contributed by atoms with van der Waals surface area (Å²) in [6.45, 7) is 14.9. The van der Waals surface area contributed by atoms with Gasteiger partial charge in [0, 0.05) is 6.54 Å². The molecule has 0 unspecified atom stereocenters. The van der Waals surface area contributed by atoms with Gasteiger partial charge in [-0.3, -0.25) is 0 Å². The summed E-state index contributed by atoms with van der Waals surface area (Å²) in [7, 11) is -1.61. The van der Waals surface area contributed by atoms with E-state index in [1.807, 2.05) is 0 Å². The normalized spacial score (nSPS) is 13.1. The zero-order valence-corrected chi connectivity index (χ0v) is 13.0. The summed E-state index contributed by atoms with van der Waals surface area (Å²) in [5.74, 6) is 0. The molecule has 0 aliphatic carbocycles. The third-order valence-corrected chi connectivity index (χ3v) is 7.67. The van der Waals surface area contributed by atoms with Crippen molar-refractivity contribution in [2.24, 2.45) is 5.73 Å². The van der Waals surface area contributed by atoms with E-state index in [1.54, 1.807) is 0 Å². The second-order valence-corrected chi connectivity index (χ2v) is 10.4. The maximum absolute atomic E-state index is 5.97. The minimum Gasteiger partial charge on any atom is -0.414 e. The molecule has 0 saturated carbocycles. The molecule has 0 bridgehead atoms. The van der Waals surface area contributed by atoms with Crippen LogP contribution < -0.4 is 5.73 Å². The standard InChI is InChI=1S/C12H29NO3Si/c1-12(2,3)17(4,5)16-11-10-15-9-8-14-7-6-13/h6-11,13H2,1-5H3. The van der Waals surface area contributed by atoms with Crippen molar-refractivity contribution in [1.82, 2.24) is 0 Å². The van der Waals surface area contributed by atoms with Crippen LogP contribution >= 0.6 is 0 Å². The first-order valence-corrected chi connectivity index (χ1v) is 9.21. The molecule has 0 radical (unpaired) electrons. The third-order valence-electron chi connectivity index (χ3n) is 3.13. The van der Waals surface area contributed by atoms with E-state index in [-0.39, 0.29) is 5.04 Å². The lowest BCUT2D eigenvalue weighted by Crippen LogP contribution is -2.41. The maximum atomic E-state index is 5.97. The van der Waals surface area contributed by atoms with Gasteiger partial charge in [0.05, 0.1) is 33.0 Å². The van der Waals surface area contributed by atoms with Gasteiger partial charge in [0.1, 0.15) is 0 Å². The Labute approximate surface area is 107 Å². The maximum Gasteiger partial charge on any atom is 0.192 e. The molecule has 0 fully saturated rings. The predicted molar refractivity (Wildman–Crippen MR) is 73.8 cm³/mol. The van der Waals surface area contributed by atoms with Crippen molar-refractivity contribution in [1.29, 1.82) is 0 Å². The van der Waals surface area contributed by atoms with E-state index in [4.69, 9.17) is 19.6 Å². The van der Waals surface area contributed by atoms with Crippen LogP contribution in [0, 0.1) is 0 Å². The van der Waals surface area contributed by atoms with Gasteiger partial charge in [-0.05, 0) is 18.1 Å². The summed E-state index contributed by atoms with van der Waals surface area (Å²) >= 11 is 0. The number of hydrogen-bond acceptors (Lipinski definition) is 4. The van der Waals surface area contributed by atoms with E-state index in [0.717, 1.165) is 0 Å². The van der Waals surface area contributed by atoms with Crippen molar-refractivity contribution in [2.45, 2.75) is 38.9 Å². The van der Waals surface area contributed by atoms with Crippen LogP contribution in [0.4, 0.5) is 0 Å². The first-order valence-electron chi connectivity index (χ1n) is 6.31. The third kappa shape index (κ3) is 7.89. The van der Waals surface area contributed by atoms with E-state index in [9.17, 15) is 0 Å².